The first-order valence-corrected chi connectivity index (χ1v) is 6.32. The first-order valence-electron chi connectivity index (χ1n) is 5.94. The summed E-state index contributed by atoms with van der Waals surface area (Å²) in [5.41, 5.74) is 5.39. The van der Waals surface area contributed by atoms with E-state index >= 15 is 0 Å². The Morgan fingerprint density at radius 1 is 1.42 bits per heavy atom. The Labute approximate surface area is 115 Å². The Bertz CT molecular complexity index is 535. The summed E-state index contributed by atoms with van der Waals surface area (Å²) >= 11 is 5.79. The Morgan fingerprint density at radius 2 is 2.11 bits per heavy atom. The third-order valence-electron chi connectivity index (χ3n) is 3.45. The molecule has 0 unspecified atom stereocenters. The fraction of sp³-hybridized carbons (Fsp3) is 0.385. The van der Waals surface area contributed by atoms with Crippen molar-refractivity contribution in [3.63, 3.8) is 0 Å². The summed E-state index contributed by atoms with van der Waals surface area (Å²) in [7, 11) is 0. The Kier molecular flexibility index (Phi) is 3.75. The van der Waals surface area contributed by atoms with E-state index < -0.39 is 11.7 Å². The topological polar surface area (TPSA) is 63.4 Å². The zero-order valence-electron chi connectivity index (χ0n) is 10.4. The number of primary amides is 1. The van der Waals surface area contributed by atoms with E-state index in [0.29, 0.717) is 6.54 Å². The second-order valence-corrected chi connectivity index (χ2v) is 5.18. The normalized spacial score (nSPS) is 22.6. The number of halogens is 2. The van der Waals surface area contributed by atoms with Crippen molar-refractivity contribution >= 4 is 23.4 Å². The van der Waals surface area contributed by atoms with Gasteiger partial charge in [-0.2, -0.15) is 0 Å². The predicted octanol–water partition coefficient (Wildman–Crippen LogP) is 1.67. The highest BCUT2D eigenvalue weighted by Crippen LogP contribution is 2.27. The summed E-state index contributed by atoms with van der Waals surface area (Å²) in [4.78, 5) is 25.0. The van der Waals surface area contributed by atoms with Crippen LogP contribution in [0.25, 0.3) is 0 Å². The van der Waals surface area contributed by atoms with Crippen molar-refractivity contribution in [1.29, 1.82) is 0 Å². The van der Waals surface area contributed by atoms with Crippen molar-refractivity contribution in [2.75, 3.05) is 13.1 Å². The average Bonchev–Trinajstić information content (AvgIpc) is 2.74. The van der Waals surface area contributed by atoms with Gasteiger partial charge in [0.05, 0.1) is 16.5 Å². The summed E-state index contributed by atoms with van der Waals surface area (Å²) in [5.74, 6) is -1.80. The van der Waals surface area contributed by atoms with Crippen LogP contribution in [0.5, 0.6) is 0 Å². The van der Waals surface area contributed by atoms with Gasteiger partial charge in [0.15, 0.2) is 0 Å². The Morgan fingerprint density at radius 3 is 2.68 bits per heavy atom. The molecular weight excluding hydrogens is 271 g/mol. The molecule has 4 nitrogen and oxygen atoms in total. The van der Waals surface area contributed by atoms with Crippen LogP contribution in [-0.4, -0.2) is 29.8 Å². The lowest BCUT2D eigenvalue weighted by Gasteiger charge is -2.16. The quantitative estimate of drug-likeness (QED) is 0.898. The maximum atomic E-state index is 13.3. The Balaban J connectivity index is 2.22. The predicted molar refractivity (Wildman–Crippen MR) is 69.2 cm³/mol. The highest BCUT2D eigenvalue weighted by Gasteiger charge is 2.36. The van der Waals surface area contributed by atoms with Crippen LogP contribution in [0.4, 0.5) is 4.39 Å². The zero-order chi connectivity index (χ0) is 14.2. The molecule has 0 saturated carbocycles. The molecule has 19 heavy (non-hydrogen) atoms. The molecule has 2 N–H and O–H groups in total. The van der Waals surface area contributed by atoms with E-state index in [1.165, 1.54) is 23.1 Å². The van der Waals surface area contributed by atoms with Crippen LogP contribution >= 0.6 is 11.6 Å². The maximum Gasteiger partial charge on any atom is 0.255 e. The number of hydrogen-bond donors (Lipinski definition) is 1. The number of carbonyl (C=O) groups excluding carboxylic acids is 2. The second-order valence-electron chi connectivity index (χ2n) is 4.80. The molecule has 1 aromatic carbocycles. The van der Waals surface area contributed by atoms with Crippen LogP contribution in [0, 0.1) is 17.7 Å². The van der Waals surface area contributed by atoms with Gasteiger partial charge in [-0.15, -0.1) is 0 Å². The third kappa shape index (κ3) is 2.56. The van der Waals surface area contributed by atoms with Gasteiger partial charge >= 0.3 is 0 Å². The van der Waals surface area contributed by atoms with Crippen molar-refractivity contribution in [2.45, 2.75) is 6.92 Å². The second kappa shape index (κ2) is 5.17. The molecule has 0 aromatic heterocycles. The molecule has 1 heterocycles. The van der Waals surface area contributed by atoms with Crippen LogP contribution in [0.1, 0.15) is 17.3 Å². The smallest absolute Gasteiger partial charge is 0.255 e. The van der Waals surface area contributed by atoms with Crippen molar-refractivity contribution in [2.24, 2.45) is 17.6 Å². The van der Waals surface area contributed by atoms with E-state index in [1.54, 1.807) is 0 Å². The molecule has 0 spiro atoms. The van der Waals surface area contributed by atoms with Gasteiger partial charge in [0.1, 0.15) is 5.82 Å². The summed E-state index contributed by atoms with van der Waals surface area (Å²) in [6.45, 7) is 2.53. The third-order valence-corrected chi connectivity index (χ3v) is 3.83. The van der Waals surface area contributed by atoms with E-state index in [4.69, 9.17) is 17.3 Å². The first kappa shape index (κ1) is 13.8. The maximum absolute atomic E-state index is 13.3. The van der Waals surface area contributed by atoms with Gasteiger partial charge in [0.2, 0.25) is 5.91 Å². The molecule has 6 heteroatoms. The number of likely N-dealkylation sites (tertiary alicyclic amines) is 1. The van der Waals surface area contributed by atoms with Crippen molar-refractivity contribution in [3.8, 4) is 0 Å². The number of hydrogen-bond acceptors (Lipinski definition) is 2. The van der Waals surface area contributed by atoms with Crippen LogP contribution in [0.15, 0.2) is 18.2 Å². The first-order chi connectivity index (χ1) is 8.91. The number of benzene rings is 1. The average molecular weight is 285 g/mol. The van der Waals surface area contributed by atoms with Crippen molar-refractivity contribution in [1.82, 2.24) is 4.90 Å². The van der Waals surface area contributed by atoms with Crippen LogP contribution in [0.2, 0.25) is 5.02 Å². The molecule has 2 rings (SSSR count). The molecule has 0 radical (unpaired) electrons. The van der Waals surface area contributed by atoms with E-state index in [-0.39, 0.29) is 34.9 Å². The molecule has 1 aliphatic heterocycles. The minimum Gasteiger partial charge on any atom is -0.369 e. The van der Waals surface area contributed by atoms with Gasteiger partial charge < -0.3 is 10.6 Å². The number of nitrogens with zero attached hydrogens (tertiary/aromatic N) is 1. The van der Waals surface area contributed by atoms with E-state index in [9.17, 15) is 14.0 Å². The summed E-state index contributed by atoms with van der Waals surface area (Å²) in [6.07, 6.45) is 0. The molecule has 1 fully saturated rings. The molecule has 1 aliphatic rings. The minimum absolute atomic E-state index is 0.00575. The van der Waals surface area contributed by atoms with Gasteiger partial charge in [-0.05, 0) is 18.1 Å². The van der Waals surface area contributed by atoms with E-state index in [2.05, 4.69) is 0 Å². The largest absolute Gasteiger partial charge is 0.369 e. The minimum atomic E-state index is -0.633. The summed E-state index contributed by atoms with van der Waals surface area (Å²) in [5, 5.41) is -0.192. The Hall–Kier alpha value is -1.62. The molecule has 1 saturated heterocycles. The highest BCUT2D eigenvalue weighted by atomic mass is 35.5. The van der Waals surface area contributed by atoms with Gasteiger partial charge in [-0.3, -0.25) is 9.59 Å². The molecule has 0 aliphatic carbocycles. The standard InChI is InChI=1S/C13H14ClFN2O2/c1-7-5-17(6-9(7)12(16)18)13(19)8-3-2-4-10(15)11(8)14/h2-4,7,9H,5-6H2,1H3,(H2,16,18)/t7-,9-/m1/s1. The molecule has 0 bridgehead atoms. The van der Waals surface area contributed by atoms with Gasteiger partial charge in [0.25, 0.3) is 5.91 Å². The van der Waals surface area contributed by atoms with Crippen LogP contribution in [-0.2, 0) is 4.79 Å². The molecule has 2 amide bonds. The number of nitrogens with two attached hydrogens (primary N) is 1. The van der Waals surface area contributed by atoms with E-state index in [1.807, 2.05) is 6.92 Å². The van der Waals surface area contributed by atoms with Gasteiger partial charge in [-0.1, -0.05) is 24.6 Å². The van der Waals surface area contributed by atoms with Crippen LogP contribution < -0.4 is 5.73 Å². The van der Waals surface area contributed by atoms with Crippen molar-refractivity contribution in [3.05, 3.63) is 34.6 Å². The number of carbonyl (C=O) groups is 2. The summed E-state index contributed by atoms with van der Waals surface area (Å²) < 4.78 is 13.3. The van der Waals surface area contributed by atoms with E-state index in [0.717, 1.165) is 0 Å². The number of rotatable bonds is 2. The molecule has 2 atom stereocenters. The molecular formula is C13H14ClFN2O2. The lowest BCUT2D eigenvalue weighted by atomic mass is 9.98. The van der Waals surface area contributed by atoms with Gasteiger partial charge in [0, 0.05) is 13.1 Å². The fourth-order valence-electron chi connectivity index (χ4n) is 2.34. The summed E-state index contributed by atoms with van der Waals surface area (Å²) in [6, 6.07) is 4.09. The molecule has 102 valence electrons. The fourth-order valence-corrected chi connectivity index (χ4v) is 2.55. The molecule has 1 aromatic rings. The monoisotopic (exact) mass is 284 g/mol. The van der Waals surface area contributed by atoms with Gasteiger partial charge in [-0.25, -0.2) is 4.39 Å². The SMILES string of the molecule is C[C@@H]1CN(C(=O)c2cccc(F)c2Cl)C[C@H]1C(N)=O. The lowest BCUT2D eigenvalue weighted by molar-refractivity contribution is -0.122. The van der Waals surface area contributed by atoms with Crippen molar-refractivity contribution < 1.29 is 14.0 Å². The highest BCUT2D eigenvalue weighted by molar-refractivity contribution is 6.34. The lowest BCUT2D eigenvalue weighted by Crippen LogP contribution is -2.32. The number of amides is 2. The zero-order valence-corrected chi connectivity index (χ0v) is 11.2. The van der Waals surface area contributed by atoms with Crippen LogP contribution in [0.3, 0.4) is 0 Å².